The first-order chi connectivity index (χ1) is 8.56. The van der Waals surface area contributed by atoms with E-state index in [1.165, 1.54) is 0 Å². The SMILES string of the molecule is O=C(Nc1ccc(Br)cn1)c1cc(I)ccc1Br. The number of hydrogen-bond donors (Lipinski definition) is 1. The van der Waals surface area contributed by atoms with Gasteiger partial charge >= 0.3 is 0 Å². The molecule has 0 aliphatic heterocycles. The van der Waals surface area contributed by atoms with Crippen LogP contribution in [-0.2, 0) is 0 Å². The zero-order valence-corrected chi connectivity index (χ0v) is 14.3. The van der Waals surface area contributed by atoms with Gasteiger partial charge < -0.3 is 5.32 Å². The number of benzene rings is 1. The van der Waals surface area contributed by atoms with Crippen LogP contribution in [0.4, 0.5) is 5.82 Å². The summed E-state index contributed by atoms with van der Waals surface area (Å²) in [6.07, 6.45) is 1.64. The summed E-state index contributed by atoms with van der Waals surface area (Å²) in [6.45, 7) is 0. The molecule has 0 bridgehead atoms. The van der Waals surface area contributed by atoms with Crippen molar-refractivity contribution in [2.24, 2.45) is 0 Å². The molecule has 1 amide bonds. The van der Waals surface area contributed by atoms with Gasteiger partial charge in [-0.2, -0.15) is 0 Å². The minimum absolute atomic E-state index is 0.185. The fourth-order valence-electron chi connectivity index (χ4n) is 1.30. The summed E-state index contributed by atoms with van der Waals surface area (Å²) in [5.74, 6) is 0.337. The van der Waals surface area contributed by atoms with Crippen molar-refractivity contribution in [2.45, 2.75) is 0 Å². The lowest BCUT2D eigenvalue weighted by Crippen LogP contribution is -2.13. The smallest absolute Gasteiger partial charge is 0.257 e. The number of amides is 1. The molecule has 0 spiro atoms. The first-order valence-corrected chi connectivity index (χ1v) is 7.61. The summed E-state index contributed by atoms with van der Waals surface area (Å²) in [7, 11) is 0. The highest BCUT2D eigenvalue weighted by atomic mass is 127. The van der Waals surface area contributed by atoms with Crippen LogP contribution in [0.25, 0.3) is 0 Å². The van der Waals surface area contributed by atoms with E-state index in [9.17, 15) is 4.79 Å². The predicted molar refractivity (Wildman–Crippen MR) is 86.7 cm³/mol. The van der Waals surface area contributed by atoms with Gasteiger partial charge in [-0.25, -0.2) is 4.98 Å². The normalized spacial score (nSPS) is 10.2. The number of pyridine rings is 1. The third-order valence-corrected chi connectivity index (χ3v) is 3.97. The highest BCUT2D eigenvalue weighted by Gasteiger charge is 2.11. The fourth-order valence-corrected chi connectivity index (χ4v) is 2.46. The van der Waals surface area contributed by atoms with Crippen LogP contribution in [-0.4, -0.2) is 10.9 Å². The molecule has 0 aliphatic carbocycles. The number of rotatable bonds is 2. The molecule has 0 fully saturated rings. The monoisotopic (exact) mass is 480 g/mol. The van der Waals surface area contributed by atoms with E-state index in [2.05, 4.69) is 64.8 Å². The van der Waals surface area contributed by atoms with Crippen LogP contribution in [0.3, 0.4) is 0 Å². The summed E-state index contributed by atoms with van der Waals surface area (Å²) in [4.78, 5) is 16.2. The van der Waals surface area contributed by atoms with E-state index in [0.29, 0.717) is 11.4 Å². The Labute approximate surface area is 135 Å². The third-order valence-electron chi connectivity index (χ3n) is 2.14. The number of nitrogens with zero attached hydrogens (tertiary/aromatic N) is 1. The Morgan fingerprint density at radius 1 is 1.22 bits per heavy atom. The van der Waals surface area contributed by atoms with Gasteiger partial charge in [-0.15, -0.1) is 0 Å². The largest absolute Gasteiger partial charge is 0.307 e. The molecule has 2 aromatic rings. The molecule has 92 valence electrons. The van der Waals surface area contributed by atoms with E-state index in [4.69, 9.17) is 0 Å². The molecule has 0 radical (unpaired) electrons. The first-order valence-electron chi connectivity index (χ1n) is 4.94. The average Bonchev–Trinajstić information content (AvgIpc) is 2.35. The second-order valence-electron chi connectivity index (χ2n) is 3.44. The summed E-state index contributed by atoms with van der Waals surface area (Å²) in [5, 5.41) is 2.75. The number of hydrogen-bond acceptors (Lipinski definition) is 2. The molecule has 0 unspecified atom stereocenters. The van der Waals surface area contributed by atoms with E-state index < -0.39 is 0 Å². The highest BCUT2D eigenvalue weighted by Crippen LogP contribution is 2.20. The average molecular weight is 482 g/mol. The van der Waals surface area contributed by atoms with E-state index >= 15 is 0 Å². The van der Waals surface area contributed by atoms with Crippen LogP contribution in [0.15, 0.2) is 45.5 Å². The van der Waals surface area contributed by atoms with Crippen LogP contribution < -0.4 is 5.32 Å². The van der Waals surface area contributed by atoms with Crippen LogP contribution in [0, 0.1) is 3.57 Å². The maximum absolute atomic E-state index is 12.1. The lowest BCUT2D eigenvalue weighted by molar-refractivity contribution is 0.102. The maximum atomic E-state index is 12.1. The molecule has 3 nitrogen and oxygen atoms in total. The van der Waals surface area contributed by atoms with E-state index in [-0.39, 0.29) is 5.91 Å². The summed E-state index contributed by atoms with van der Waals surface area (Å²) in [6, 6.07) is 9.17. The van der Waals surface area contributed by atoms with Crippen LogP contribution in [0.5, 0.6) is 0 Å². The minimum Gasteiger partial charge on any atom is -0.307 e. The molecule has 1 aromatic carbocycles. The van der Waals surface area contributed by atoms with Crippen LogP contribution in [0.1, 0.15) is 10.4 Å². The Morgan fingerprint density at radius 2 is 2.00 bits per heavy atom. The quantitative estimate of drug-likeness (QED) is 0.643. The number of halogens is 3. The predicted octanol–water partition coefficient (Wildman–Crippen LogP) is 4.46. The standard InChI is InChI=1S/C12H7Br2IN2O/c13-7-1-4-11(16-6-7)17-12(18)9-5-8(15)2-3-10(9)14/h1-6H,(H,16,17,18). The Kier molecular flexibility index (Phi) is 4.74. The first kappa shape index (κ1) is 14.0. The zero-order valence-electron chi connectivity index (χ0n) is 8.95. The number of nitrogens with one attached hydrogen (secondary N) is 1. The Bertz CT molecular complexity index is 587. The zero-order chi connectivity index (χ0) is 13.1. The number of carbonyl (C=O) groups excluding carboxylic acids is 1. The topological polar surface area (TPSA) is 42.0 Å². The van der Waals surface area contributed by atoms with Gasteiger partial charge in [0.1, 0.15) is 5.82 Å². The number of carbonyl (C=O) groups is 1. The van der Waals surface area contributed by atoms with Crippen molar-refractivity contribution >= 4 is 66.2 Å². The van der Waals surface area contributed by atoms with Gasteiger partial charge in [0.15, 0.2) is 0 Å². The van der Waals surface area contributed by atoms with E-state index in [1.54, 1.807) is 12.3 Å². The second kappa shape index (κ2) is 6.12. The van der Waals surface area contributed by atoms with E-state index in [0.717, 1.165) is 12.5 Å². The van der Waals surface area contributed by atoms with Crippen LogP contribution in [0.2, 0.25) is 0 Å². The Hall–Kier alpha value is -0.470. The van der Waals surface area contributed by atoms with Crippen molar-refractivity contribution in [3.8, 4) is 0 Å². The molecular weight excluding hydrogens is 475 g/mol. The maximum Gasteiger partial charge on any atom is 0.257 e. The van der Waals surface area contributed by atoms with Gasteiger partial charge in [0.25, 0.3) is 5.91 Å². The molecule has 1 N–H and O–H groups in total. The van der Waals surface area contributed by atoms with Gasteiger partial charge in [-0.3, -0.25) is 4.79 Å². The molecule has 18 heavy (non-hydrogen) atoms. The molecular formula is C12H7Br2IN2O. The Balaban J connectivity index is 2.21. The number of anilines is 1. The third kappa shape index (κ3) is 3.52. The van der Waals surface area contributed by atoms with Crippen molar-refractivity contribution < 1.29 is 4.79 Å². The summed E-state index contributed by atoms with van der Waals surface area (Å²) < 4.78 is 2.64. The van der Waals surface area contributed by atoms with Gasteiger partial charge in [0, 0.05) is 18.7 Å². The lowest BCUT2D eigenvalue weighted by Gasteiger charge is -2.06. The van der Waals surface area contributed by atoms with Gasteiger partial charge in [-0.1, -0.05) is 0 Å². The highest BCUT2D eigenvalue weighted by molar-refractivity contribution is 14.1. The lowest BCUT2D eigenvalue weighted by atomic mass is 10.2. The Morgan fingerprint density at radius 3 is 2.67 bits per heavy atom. The minimum atomic E-state index is -0.185. The van der Waals surface area contributed by atoms with Crippen molar-refractivity contribution in [1.82, 2.24) is 4.98 Å². The van der Waals surface area contributed by atoms with Gasteiger partial charge in [-0.05, 0) is 84.8 Å². The molecule has 1 heterocycles. The van der Waals surface area contributed by atoms with Crippen molar-refractivity contribution in [3.63, 3.8) is 0 Å². The van der Waals surface area contributed by atoms with Crippen LogP contribution >= 0.6 is 54.5 Å². The molecule has 0 saturated heterocycles. The molecule has 6 heteroatoms. The summed E-state index contributed by atoms with van der Waals surface area (Å²) in [5.41, 5.74) is 0.589. The van der Waals surface area contributed by atoms with Crippen molar-refractivity contribution in [3.05, 3.63) is 54.6 Å². The van der Waals surface area contributed by atoms with Crippen molar-refractivity contribution in [1.29, 1.82) is 0 Å². The summed E-state index contributed by atoms with van der Waals surface area (Å²) >= 11 is 8.83. The van der Waals surface area contributed by atoms with E-state index in [1.807, 2.05) is 24.3 Å². The molecule has 0 saturated carbocycles. The molecule has 0 aliphatic rings. The van der Waals surface area contributed by atoms with Gasteiger partial charge in [0.05, 0.1) is 5.56 Å². The number of aromatic nitrogens is 1. The van der Waals surface area contributed by atoms with Gasteiger partial charge in [0.2, 0.25) is 0 Å². The fraction of sp³-hybridized carbons (Fsp3) is 0. The molecule has 1 aromatic heterocycles. The molecule has 0 atom stereocenters. The molecule has 2 rings (SSSR count). The van der Waals surface area contributed by atoms with Crippen molar-refractivity contribution in [2.75, 3.05) is 5.32 Å². The second-order valence-corrected chi connectivity index (χ2v) is 6.46.